The Balaban J connectivity index is 1.76. The van der Waals surface area contributed by atoms with Gasteiger partial charge >= 0.3 is 0 Å². The number of benzene rings is 2. The summed E-state index contributed by atoms with van der Waals surface area (Å²) in [7, 11) is 0. The molecule has 1 aromatic heterocycles. The van der Waals surface area contributed by atoms with Gasteiger partial charge in [0.15, 0.2) is 0 Å². The molecule has 23 heavy (non-hydrogen) atoms. The molecule has 1 atom stereocenters. The molecule has 0 N–H and O–H groups in total. The summed E-state index contributed by atoms with van der Waals surface area (Å²) >= 11 is 0. The maximum absolute atomic E-state index is 12.8. The van der Waals surface area contributed by atoms with E-state index in [0.717, 1.165) is 19.3 Å². The first-order valence-corrected chi connectivity index (χ1v) is 8.04. The molecular formula is C20H18N2O. The van der Waals surface area contributed by atoms with Crippen LogP contribution in [0.5, 0.6) is 0 Å². The summed E-state index contributed by atoms with van der Waals surface area (Å²) in [6.45, 7) is 0. The van der Waals surface area contributed by atoms with E-state index in [9.17, 15) is 4.79 Å². The number of ketones is 1. The van der Waals surface area contributed by atoms with Crippen LogP contribution in [0.4, 0.5) is 0 Å². The van der Waals surface area contributed by atoms with E-state index in [2.05, 4.69) is 29.2 Å². The number of aromatic nitrogens is 2. The fourth-order valence-electron chi connectivity index (χ4n) is 3.48. The van der Waals surface area contributed by atoms with Crippen LogP contribution in [0.2, 0.25) is 0 Å². The Morgan fingerprint density at radius 3 is 2.70 bits per heavy atom. The predicted molar refractivity (Wildman–Crippen MR) is 89.6 cm³/mol. The second-order valence-corrected chi connectivity index (χ2v) is 5.99. The molecule has 0 aliphatic heterocycles. The number of imidazole rings is 1. The standard InChI is InChI=1S/C20H18N2O/c23-20(16-8-2-1-3-9-16)19-13-21-14-22(19)18-12-6-10-15-7-4-5-11-17(15)18/h1-5,7-9,11,13-14,18H,6,10,12H2. The van der Waals surface area contributed by atoms with Crippen molar-refractivity contribution in [2.75, 3.05) is 0 Å². The monoisotopic (exact) mass is 302 g/mol. The van der Waals surface area contributed by atoms with E-state index >= 15 is 0 Å². The lowest BCUT2D eigenvalue weighted by atomic mass is 9.87. The highest BCUT2D eigenvalue weighted by molar-refractivity contribution is 6.07. The molecule has 0 amide bonds. The van der Waals surface area contributed by atoms with Gasteiger partial charge in [0.25, 0.3) is 0 Å². The van der Waals surface area contributed by atoms with Crippen molar-refractivity contribution in [3.63, 3.8) is 0 Å². The first kappa shape index (κ1) is 13.9. The highest BCUT2D eigenvalue weighted by Gasteiger charge is 2.25. The molecule has 1 aliphatic carbocycles. The van der Waals surface area contributed by atoms with Crippen molar-refractivity contribution >= 4 is 5.78 Å². The van der Waals surface area contributed by atoms with Crippen molar-refractivity contribution in [2.45, 2.75) is 25.3 Å². The maximum Gasteiger partial charge on any atom is 0.211 e. The van der Waals surface area contributed by atoms with Crippen LogP contribution in [0.1, 0.15) is 46.1 Å². The van der Waals surface area contributed by atoms with Gasteiger partial charge in [0.2, 0.25) is 5.78 Å². The number of rotatable bonds is 3. The summed E-state index contributed by atoms with van der Waals surface area (Å²) in [5, 5.41) is 0. The van der Waals surface area contributed by atoms with Crippen LogP contribution in [0.25, 0.3) is 0 Å². The summed E-state index contributed by atoms with van der Waals surface area (Å²) in [4.78, 5) is 17.1. The van der Waals surface area contributed by atoms with Crippen molar-refractivity contribution in [2.24, 2.45) is 0 Å². The minimum absolute atomic E-state index is 0.0335. The number of fused-ring (bicyclic) bond motifs is 1. The quantitative estimate of drug-likeness (QED) is 0.684. The van der Waals surface area contributed by atoms with Gasteiger partial charge in [-0.05, 0) is 30.4 Å². The SMILES string of the molecule is O=C(c1ccccc1)c1cncn1C1CCCc2ccccc21. The number of carbonyl (C=O) groups excluding carboxylic acids is 1. The lowest BCUT2D eigenvalue weighted by Gasteiger charge is -2.27. The van der Waals surface area contributed by atoms with E-state index < -0.39 is 0 Å². The summed E-state index contributed by atoms with van der Waals surface area (Å²) in [6.07, 6.45) is 6.78. The molecule has 114 valence electrons. The van der Waals surface area contributed by atoms with E-state index in [1.165, 1.54) is 11.1 Å². The van der Waals surface area contributed by atoms with Gasteiger partial charge in [-0.25, -0.2) is 4.98 Å². The molecule has 0 saturated carbocycles. The Bertz CT molecular complexity index is 836. The zero-order valence-electron chi connectivity index (χ0n) is 12.9. The van der Waals surface area contributed by atoms with Crippen LogP contribution < -0.4 is 0 Å². The molecule has 3 heteroatoms. The van der Waals surface area contributed by atoms with E-state index in [0.29, 0.717) is 11.3 Å². The molecule has 0 spiro atoms. The van der Waals surface area contributed by atoms with Crippen LogP contribution >= 0.6 is 0 Å². The molecule has 1 unspecified atom stereocenters. The molecule has 3 nitrogen and oxygen atoms in total. The van der Waals surface area contributed by atoms with Crippen LogP contribution in [-0.4, -0.2) is 15.3 Å². The fourth-order valence-corrected chi connectivity index (χ4v) is 3.48. The Labute approximate surface area is 135 Å². The molecule has 2 aromatic carbocycles. The third-order valence-electron chi connectivity index (χ3n) is 4.61. The fraction of sp³-hybridized carbons (Fsp3) is 0.200. The van der Waals surface area contributed by atoms with Crippen LogP contribution in [0.15, 0.2) is 67.1 Å². The van der Waals surface area contributed by atoms with Crippen LogP contribution in [-0.2, 0) is 6.42 Å². The van der Waals surface area contributed by atoms with Gasteiger partial charge in [0, 0.05) is 5.56 Å². The van der Waals surface area contributed by atoms with Gasteiger partial charge in [0.1, 0.15) is 5.69 Å². The molecule has 0 radical (unpaired) electrons. The van der Waals surface area contributed by atoms with Crippen LogP contribution in [0.3, 0.4) is 0 Å². The second kappa shape index (κ2) is 5.84. The normalized spacial score (nSPS) is 16.8. The number of carbonyl (C=O) groups is 1. The highest BCUT2D eigenvalue weighted by Crippen LogP contribution is 2.33. The minimum atomic E-state index is 0.0335. The first-order valence-electron chi connectivity index (χ1n) is 8.04. The molecule has 0 bridgehead atoms. The van der Waals surface area contributed by atoms with Gasteiger partial charge < -0.3 is 4.57 Å². The summed E-state index contributed by atoms with van der Waals surface area (Å²) in [6, 6.07) is 18.2. The lowest BCUT2D eigenvalue weighted by molar-refractivity contribution is 0.102. The van der Waals surface area contributed by atoms with Crippen molar-refractivity contribution in [3.05, 3.63) is 89.5 Å². The first-order chi connectivity index (χ1) is 11.3. The third kappa shape index (κ3) is 2.48. The number of nitrogens with zero attached hydrogens (tertiary/aromatic N) is 2. The van der Waals surface area contributed by atoms with Crippen molar-refractivity contribution < 1.29 is 4.79 Å². The molecule has 1 aliphatic rings. The van der Waals surface area contributed by atoms with Gasteiger partial charge in [-0.2, -0.15) is 0 Å². The molecule has 4 rings (SSSR count). The Morgan fingerprint density at radius 2 is 1.83 bits per heavy atom. The van der Waals surface area contributed by atoms with Gasteiger partial charge in [-0.1, -0.05) is 54.6 Å². The Kier molecular flexibility index (Phi) is 3.54. The topological polar surface area (TPSA) is 34.9 Å². The highest BCUT2D eigenvalue weighted by atomic mass is 16.1. The largest absolute Gasteiger partial charge is 0.320 e. The van der Waals surface area contributed by atoms with Crippen molar-refractivity contribution in [1.82, 2.24) is 9.55 Å². The average molecular weight is 302 g/mol. The third-order valence-corrected chi connectivity index (χ3v) is 4.61. The molecule has 0 saturated heterocycles. The van der Waals surface area contributed by atoms with Gasteiger partial charge in [-0.15, -0.1) is 0 Å². The van der Waals surface area contributed by atoms with Gasteiger partial charge in [-0.3, -0.25) is 4.79 Å². The Hall–Kier alpha value is -2.68. The average Bonchev–Trinajstić information content (AvgIpc) is 3.11. The number of aryl methyl sites for hydroxylation is 1. The Morgan fingerprint density at radius 1 is 1.04 bits per heavy atom. The molecular weight excluding hydrogens is 284 g/mol. The van der Waals surface area contributed by atoms with E-state index in [-0.39, 0.29) is 11.8 Å². The zero-order valence-corrected chi connectivity index (χ0v) is 12.9. The number of hydrogen-bond acceptors (Lipinski definition) is 2. The maximum atomic E-state index is 12.8. The molecule has 3 aromatic rings. The summed E-state index contributed by atoms with van der Waals surface area (Å²) in [5.74, 6) is 0.0335. The van der Waals surface area contributed by atoms with E-state index in [1.807, 2.05) is 34.9 Å². The van der Waals surface area contributed by atoms with Crippen molar-refractivity contribution in [1.29, 1.82) is 0 Å². The molecule has 0 fully saturated rings. The lowest BCUT2D eigenvalue weighted by Crippen LogP contribution is -2.20. The van der Waals surface area contributed by atoms with E-state index in [1.54, 1.807) is 12.5 Å². The van der Waals surface area contributed by atoms with E-state index in [4.69, 9.17) is 0 Å². The van der Waals surface area contributed by atoms with Crippen LogP contribution in [0, 0.1) is 0 Å². The summed E-state index contributed by atoms with van der Waals surface area (Å²) < 4.78 is 2.05. The summed E-state index contributed by atoms with van der Waals surface area (Å²) in [5.41, 5.74) is 4.07. The second-order valence-electron chi connectivity index (χ2n) is 5.99. The number of hydrogen-bond donors (Lipinski definition) is 0. The smallest absolute Gasteiger partial charge is 0.211 e. The minimum Gasteiger partial charge on any atom is -0.320 e. The van der Waals surface area contributed by atoms with Crippen molar-refractivity contribution in [3.8, 4) is 0 Å². The van der Waals surface area contributed by atoms with Gasteiger partial charge in [0.05, 0.1) is 18.6 Å². The zero-order chi connectivity index (χ0) is 15.6. The molecule has 1 heterocycles. The predicted octanol–water partition coefficient (Wildman–Crippen LogP) is 4.04.